The molecule has 1 aromatic rings. The molecule has 0 saturated heterocycles. The molecule has 0 aliphatic heterocycles. The van der Waals surface area contributed by atoms with E-state index in [9.17, 15) is 9.90 Å². The lowest BCUT2D eigenvalue weighted by Crippen LogP contribution is -2.29. The smallest absolute Gasteiger partial charge is 0.406 e. The molecule has 0 heterocycles. The molecular formula is C10H13NO4. The van der Waals surface area contributed by atoms with Gasteiger partial charge in [0.05, 0.1) is 12.5 Å². The fraction of sp³-hybridized carbons (Fsp3) is 0.300. The van der Waals surface area contributed by atoms with Crippen LogP contribution < -0.4 is 5.73 Å². The van der Waals surface area contributed by atoms with Crippen LogP contribution in [0, 0.1) is 0 Å². The summed E-state index contributed by atoms with van der Waals surface area (Å²) < 4.78 is 4.39. The monoisotopic (exact) mass is 211 g/mol. The minimum absolute atomic E-state index is 0.335. The van der Waals surface area contributed by atoms with Gasteiger partial charge < -0.3 is 20.7 Å². The summed E-state index contributed by atoms with van der Waals surface area (Å²) in [7, 11) is 0. The summed E-state index contributed by atoms with van der Waals surface area (Å²) in [5.41, 5.74) is 5.44. The van der Waals surface area contributed by atoms with Crippen LogP contribution in [-0.4, -0.2) is 29.2 Å². The first-order valence-electron chi connectivity index (χ1n) is 4.45. The van der Waals surface area contributed by atoms with E-state index in [1.165, 1.54) is 0 Å². The Morgan fingerprint density at radius 2 is 2.00 bits per heavy atom. The molecule has 15 heavy (non-hydrogen) atoms. The molecule has 4 N–H and O–H groups in total. The Labute approximate surface area is 87.1 Å². The Kier molecular flexibility index (Phi) is 4.08. The highest BCUT2D eigenvalue weighted by Gasteiger charge is 2.22. The number of rotatable bonds is 4. The minimum Gasteiger partial charge on any atom is -0.419 e. The Morgan fingerprint density at radius 3 is 2.47 bits per heavy atom. The van der Waals surface area contributed by atoms with Gasteiger partial charge in [-0.15, -0.1) is 0 Å². The van der Waals surface area contributed by atoms with Crippen molar-refractivity contribution < 1.29 is 19.7 Å². The highest BCUT2D eigenvalue weighted by Crippen LogP contribution is 2.19. The highest BCUT2D eigenvalue weighted by atomic mass is 16.6. The van der Waals surface area contributed by atoms with Crippen molar-refractivity contribution in [2.24, 2.45) is 5.73 Å². The van der Waals surface area contributed by atoms with E-state index in [0.29, 0.717) is 5.56 Å². The van der Waals surface area contributed by atoms with Crippen LogP contribution in [0.4, 0.5) is 4.79 Å². The number of ether oxygens (including phenoxy) is 1. The predicted octanol–water partition coefficient (Wildman–Crippen LogP) is 0.176. The van der Waals surface area contributed by atoms with Gasteiger partial charge in [0.1, 0.15) is 0 Å². The average Bonchev–Trinajstić information content (AvgIpc) is 2.19. The Balaban J connectivity index is 2.75. The number of carbonyl (C=O) groups is 1. The molecule has 0 radical (unpaired) electrons. The molecule has 5 heteroatoms. The maximum Gasteiger partial charge on any atom is 0.406 e. The molecule has 2 unspecified atom stereocenters. The molecule has 0 aliphatic carbocycles. The van der Waals surface area contributed by atoms with Crippen LogP contribution in [0.25, 0.3) is 0 Å². The molecule has 2 atom stereocenters. The number of hydrogen-bond acceptors (Lipinski definition) is 4. The molecule has 0 spiro atoms. The summed E-state index contributed by atoms with van der Waals surface area (Å²) >= 11 is 0. The van der Waals surface area contributed by atoms with Crippen molar-refractivity contribution in [1.29, 1.82) is 0 Å². The number of aliphatic hydroxyl groups is 2. The Morgan fingerprint density at radius 1 is 1.40 bits per heavy atom. The molecule has 82 valence electrons. The first-order chi connectivity index (χ1) is 7.15. The normalized spacial score (nSPS) is 14.3. The van der Waals surface area contributed by atoms with Crippen molar-refractivity contribution in [3.63, 3.8) is 0 Å². The zero-order valence-electron chi connectivity index (χ0n) is 8.04. The van der Waals surface area contributed by atoms with Gasteiger partial charge in [0.25, 0.3) is 0 Å². The van der Waals surface area contributed by atoms with E-state index in [1.54, 1.807) is 30.3 Å². The summed E-state index contributed by atoms with van der Waals surface area (Å²) in [6.45, 7) is -0.335. The number of primary amides is 1. The molecule has 0 aromatic heterocycles. The van der Waals surface area contributed by atoms with Crippen LogP contribution in [0.15, 0.2) is 30.3 Å². The van der Waals surface area contributed by atoms with Crippen molar-refractivity contribution >= 4 is 6.09 Å². The van der Waals surface area contributed by atoms with E-state index in [-0.39, 0.29) is 6.61 Å². The van der Waals surface area contributed by atoms with Crippen LogP contribution in [0.2, 0.25) is 0 Å². The van der Waals surface area contributed by atoms with Crippen molar-refractivity contribution in [3.05, 3.63) is 35.9 Å². The van der Waals surface area contributed by atoms with E-state index in [1.807, 2.05) is 0 Å². The van der Waals surface area contributed by atoms with Gasteiger partial charge in [0, 0.05) is 0 Å². The van der Waals surface area contributed by atoms with Crippen LogP contribution in [0.1, 0.15) is 11.5 Å². The fourth-order valence-corrected chi connectivity index (χ4v) is 1.26. The predicted molar refractivity (Wildman–Crippen MR) is 52.9 cm³/mol. The Hall–Kier alpha value is -1.59. The summed E-state index contributed by atoms with van der Waals surface area (Å²) in [5, 5.41) is 18.5. The van der Waals surface area contributed by atoms with Gasteiger partial charge >= 0.3 is 6.09 Å². The van der Waals surface area contributed by atoms with Gasteiger partial charge in [0.15, 0.2) is 0 Å². The summed E-state index contributed by atoms with van der Waals surface area (Å²) in [4.78, 5) is 10.4. The zero-order valence-corrected chi connectivity index (χ0v) is 8.04. The van der Waals surface area contributed by atoms with Crippen molar-refractivity contribution in [2.75, 3.05) is 6.61 Å². The maximum absolute atomic E-state index is 10.4. The fourth-order valence-electron chi connectivity index (χ4n) is 1.26. The number of hydrogen-bond donors (Lipinski definition) is 3. The molecule has 1 aromatic carbocycles. The number of nitrogens with two attached hydrogens (primary N) is 1. The molecule has 1 rings (SSSR count). The Bertz CT molecular complexity index is 314. The van der Waals surface area contributed by atoms with E-state index in [2.05, 4.69) is 4.74 Å². The second kappa shape index (κ2) is 5.33. The van der Waals surface area contributed by atoms with E-state index < -0.39 is 18.3 Å². The number of benzene rings is 1. The van der Waals surface area contributed by atoms with E-state index in [0.717, 1.165) is 0 Å². The third kappa shape index (κ3) is 3.23. The lowest BCUT2D eigenvalue weighted by atomic mass is 10.00. The first-order valence-corrected chi connectivity index (χ1v) is 4.45. The van der Waals surface area contributed by atoms with Gasteiger partial charge in [-0.05, 0) is 5.56 Å². The third-order valence-electron chi connectivity index (χ3n) is 2.01. The van der Waals surface area contributed by atoms with Crippen LogP contribution in [0.5, 0.6) is 0 Å². The average molecular weight is 211 g/mol. The lowest BCUT2D eigenvalue weighted by molar-refractivity contribution is -0.0759. The van der Waals surface area contributed by atoms with Gasteiger partial charge in [0.2, 0.25) is 6.29 Å². The number of carbonyl (C=O) groups excluding carboxylic acids is 1. The minimum atomic E-state index is -1.44. The molecule has 0 saturated carbocycles. The number of aliphatic hydroxyl groups excluding tert-OH is 2. The molecular weight excluding hydrogens is 198 g/mol. The molecule has 0 bridgehead atoms. The van der Waals surface area contributed by atoms with Crippen LogP contribution in [0.3, 0.4) is 0 Å². The topological polar surface area (TPSA) is 92.8 Å². The highest BCUT2D eigenvalue weighted by molar-refractivity contribution is 5.64. The van der Waals surface area contributed by atoms with Crippen molar-refractivity contribution in [2.45, 2.75) is 12.2 Å². The van der Waals surface area contributed by atoms with Gasteiger partial charge in [-0.25, -0.2) is 4.79 Å². The molecule has 5 nitrogen and oxygen atoms in total. The van der Waals surface area contributed by atoms with Crippen LogP contribution >= 0.6 is 0 Å². The third-order valence-corrected chi connectivity index (χ3v) is 2.01. The van der Waals surface area contributed by atoms with Gasteiger partial charge in [-0.2, -0.15) is 0 Å². The second-order valence-electron chi connectivity index (χ2n) is 3.03. The summed E-state index contributed by atoms with van der Waals surface area (Å²) in [5.74, 6) is -0.682. The first kappa shape index (κ1) is 11.5. The van der Waals surface area contributed by atoms with Gasteiger partial charge in [-0.3, -0.25) is 0 Å². The molecule has 0 fully saturated rings. The van der Waals surface area contributed by atoms with E-state index in [4.69, 9.17) is 10.8 Å². The summed E-state index contributed by atoms with van der Waals surface area (Å²) in [6, 6.07) is 8.76. The molecule has 0 aliphatic rings. The lowest BCUT2D eigenvalue weighted by Gasteiger charge is -2.20. The number of amides is 1. The zero-order chi connectivity index (χ0) is 11.3. The molecule has 1 amide bonds. The van der Waals surface area contributed by atoms with Crippen molar-refractivity contribution in [3.8, 4) is 0 Å². The van der Waals surface area contributed by atoms with Crippen LogP contribution in [-0.2, 0) is 4.74 Å². The SMILES string of the molecule is NC(=O)OC(O)C(CO)c1ccccc1. The van der Waals surface area contributed by atoms with Crippen molar-refractivity contribution in [1.82, 2.24) is 0 Å². The van der Waals surface area contributed by atoms with Gasteiger partial charge in [-0.1, -0.05) is 30.3 Å². The largest absolute Gasteiger partial charge is 0.419 e. The standard InChI is InChI=1S/C10H13NO4/c11-10(14)15-9(13)8(6-12)7-4-2-1-3-5-7/h1-5,8-9,12-13H,6H2,(H2,11,14). The quantitative estimate of drug-likeness (QED) is 0.619. The maximum atomic E-state index is 10.4. The summed E-state index contributed by atoms with van der Waals surface area (Å²) in [6.07, 6.45) is -2.51. The van der Waals surface area contributed by atoms with E-state index >= 15 is 0 Å². The second-order valence-corrected chi connectivity index (χ2v) is 3.03.